The van der Waals surface area contributed by atoms with Crippen LogP contribution in [0.3, 0.4) is 0 Å². The maximum atomic E-state index is 3.65. The highest BCUT2D eigenvalue weighted by Gasteiger charge is 2.21. The van der Waals surface area contributed by atoms with Gasteiger partial charge in [0.1, 0.15) is 0 Å². The van der Waals surface area contributed by atoms with Gasteiger partial charge in [-0.25, -0.2) is 0 Å². The van der Waals surface area contributed by atoms with Crippen LogP contribution in [0.5, 0.6) is 0 Å². The summed E-state index contributed by atoms with van der Waals surface area (Å²) < 4.78 is 0. The molecule has 0 fully saturated rings. The Labute approximate surface area is 117 Å². The van der Waals surface area contributed by atoms with Crippen LogP contribution in [-0.2, 0) is 0 Å². The lowest BCUT2D eigenvalue weighted by Gasteiger charge is -2.27. The number of rotatable bonds is 6. The third-order valence-corrected chi connectivity index (χ3v) is 4.40. The average molecular weight is 267 g/mol. The predicted octanol–water partition coefficient (Wildman–Crippen LogP) is 5.17. The number of hydrogen-bond donors (Lipinski definition) is 1. The lowest BCUT2D eigenvalue weighted by molar-refractivity contribution is 0.277. The number of hydrogen-bond acceptors (Lipinski definition) is 2. The SMILES string of the molecule is CCNC(CC(C)CC(C)(C)C)c1sccc1C. The van der Waals surface area contributed by atoms with Crippen molar-refractivity contribution in [3.8, 4) is 0 Å². The van der Waals surface area contributed by atoms with Crippen LogP contribution in [-0.4, -0.2) is 6.54 Å². The van der Waals surface area contributed by atoms with E-state index in [-0.39, 0.29) is 0 Å². The van der Waals surface area contributed by atoms with Gasteiger partial charge in [-0.3, -0.25) is 0 Å². The maximum absolute atomic E-state index is 3.65. The molecule has 1 aromatic rings. The van der Waals surface area contributed by atoms with Crippen LogP contribution in [0.2, 0.25) is 0 Å². The second-order valence-corrected chi connectivity index (χ2v) is 7.63. The molecule has 1 nitrogen and oxygen atoms in total. The molecule has 18 heavy (non-hydrogen) atoms. The van der Waals surface area contributed by atoms with Crippen molar-refractivity contribution in [3.63, 3.8) is 0 Å². The molecule has 104 valence electrons. The molecular formula is C16H29NS. The number of aryl methyl sites for hydroxylation is 1. The minimum absolute atomic E-state index is 0.431. The van der Waals surface area contributed by atoms with E-state index in [1.807, 2.05) is 11.3 Å². The molecule has 2 heteroatoms. The summed E-state index contributed by atoms with van der Waals surface area (Å²) in [6.45, 7) is 14.9. The van der Waals surface area contributed by atoms with Crippen molar-refractivity contribution in [2.24, 2.45) is 11.3 Å². The van der Waals surface area contributed by atoms with E-state index >= 15 is 0 Å². The molecule has 0 saturated heterocycles. The molecule has 0 amide bonds. The molecule has 0 aromatic carbocycles. The van der Waals surface area contributed by atoms with E-state index in [0.717, 1.165) is 12.5 Å². The molecule has 1 aromatic heterocycles. The zero-order valence-electron chi connectivity index (χ0n) is 12.8. The van der Waals surface area contributed by atoms with Crippen molar-refractivity contribution in [2.75, 3.05) is 6.54 Å². The maximum Gasteiger partial charge on any atom is 0.0419 e. The van der Waals surface area contributed by atoms with E-state index in [2.05, 4.69) is 58.3 Å². The van der Waals surface area contributed by atoms with Crippen molar-refractivity contribution < 1.29 is 0 Å². The van der Waals surface area contributed by atoms with Crippen LogP contribution < -0.4 is 5.32 Å². The molecule has 0 radical (unpaired) electrons. The molecule has 0 bridgehead atoms. The van der Waals surface area contributed by atoms with Crippen LogP contribution >= 0.6 is 11.3 Å². The van der Waals surface area contributed by atoms with E-state index < -0.39 is 0 Å². The lowest BCUT2D eigenvalue weighted by atomic mass is 9.82. The smallest absolute Gasteiger partial charge is 0.0419 e. The van der Waals surface area contributed by atoms with Gasteiger partial charge in [-0.1, -0.05) is 34.6 Å². The molecule has 2 atom stereocenters. The first kappa shape index (κ1) is 15.7. The van der Waals surface area contributed by atoms with Gasteiger partial charge in [0.2, 0.25) is 0 Å². The fraction of sp³-hybridized carbons (Fsp3) is 0.750. The van der Waals surface area contributed by atoms with E-state index in [1.165, 1.54) is 23.3 Å². The highest BCUT2D eigenvalue weighted by atomic mass is 32.1. The summed E-state index contributed by atoms with van der Waals surface area (Å²) in [7, 11) is 0. The third kappa shape index (κ3) is 5.11. The molecule has 1 N–H and O–H groups in total. The highest BCUT2D eigenvalue weighted by Crippen LogP contribution is 2.33. The van der Waals surface area contributed by atoms with Crippen LogP contribution in [0.1, 0.15) is 63.9 Å². The summed E-state index contributed by atoms with van der Waals surface area (Å²) in [6, 6.07) is 2.77. The van der Waals surface area contributed by atoms with E-state index in [1.54, 1.807) is 0 Å². The Kier molecular flexibility index (Phi) is 5.87. The Bertz CT molecular complexity index is 348. The zero-order valence-corrected chi connectivity index (χ0v) is 13.7. The Morgan fingerprint density at radius 2 is 2.00 bits per heavy atom. The van der Waals surface area contributed by atoms with E-state index in [9.17, 15) is 0 Å². The third-order valence-electron chi connectivity index (χ3n) is 3.27. The number of nitrogens with one attached hydrogen (secondary N) is 1. The fourth-order valence-electron chi connectivity index (χ4n) is 2.80. The Morgan fingerprint density at radius 3 is 2.44 bits per heavy atom. The first-order valence-electron chi connectivity index (χ1n) is 7.11. The van der Waals surface area contributed by atoms with Crippen LogP contribution in [0, 0.1) is 18.3 Å². The van der Waals surface area contributed by atoms with Gasteiger partial charge in [-0.05, 0) is 54.7 Å². The van der Waals surface area contributed by atoms with Crippen LogP contribution in [0.15, 0.2) is 11.4 Å². The second-order valence-electron chi connectivity index (χ2n) is 6.68. The zero-order chi connectivity index (χ0) is 13.8. The highest BCUT2D eigenvalue weighted by molar-refractivity contribution is 7.10. The van der Waals surface area contributed by atoms with Gasteiger partial charge in [0.05, 0.1) is 0 Å². The average Bonchev–Trinajstić information content (AvgIpc) is 2.60. The Hall–Kier alpha value is -0.340. The topological polar surface area (TPSA) is 12.0 Å². The molecule has 2 unspecified atom stereocenters. The molecule has 0 aliphatic heterocycles. The van der Waals surface area contributed by atoms with Gasteiger partial charge < -0.3 is 5.32 Å². The van der Waals surface area contributed by atoms with Crippen LogP contribution in [0.25, 0.3) is 0 Å². The van der Waals surface area contributed by atoms with Gasteiger partial charge >= 0.3 is 0 Å². The van der Waals surface area contributed by atoms with Crippen LogP contribution in [0.4, 0.5) is 0 Å². The Morgan fingerprint density at radius 1 is 1.33 bits per heavy atom. The van der Waals surface area contributed by atoms with E-state index in [0.29, 0.717) is 11.5 Å². The number of thiophene rings is 1. The quantitative estimate of drug-likeness (QED) is 0.750. The molecule has 0 spiro atoms. The van der Waals surface area contributed by atoms with Gasteiger partial charge in [0, 0.05) is 10.9 Å². The minimum atomic E-state index is 0.431. The van der Waals surface area contributed by atoms with E-state index in [4.69, 9.17) is 0 Å². The monoisotopic (exact) mass is 267 g/mol. The molecule has 0 aliphatic rings. The fourth-order valence-corrected chi connectivity index (χ4v) is 3.82. The first-order chi connectivity index (χ1) is 8.33. The summed E-state index contributed by atoms with van der Waals surface area (Å²) in [5.74, 6) is 0.760. The predicted molar refractivity (Wildman–Crippen MR) is 83.3 cm³/mol. The molecule has 0 aliphatic carbocycles. The molecule has 1 rings (SSSR count). The normalized spacial score (nSPS) is 15.7. The largest absolute Gasteiger partial charge is 0.310 e. The van der Waals surface area contributed by atoms with Crippen molar-refractivity contribution in [2.45, 2.75) is 60.4 Å². The summed E-state index contributed by atoms with van der Waals surface area (Å²) in [5.41, 5.74) is 1.87. The van der Waals surface area contributed by atoms with Crippen molar-refractivity contribution in [3.05, 3.63) is 21.9 Å². The Balaban J connectivity index is 2.67. The molecule has 1 heterocycles. The van der Waals surface area contributed by atoms with Gasteiger partial charge in [0.15, 0.2) is 0 Å². The van der Waals surface area contributed by atoms with Crippen molar-refractivity contribution in [1.29, 1.82) is 0 Å². The second kappa shape index (κ2) is 6.72. The molecule has 0 saturated carbocycles. The summed E-state index contributed by atoms with van der Waals surface area (Å²) in [5, 5.41) is 5.86. The minimum Gasteiger partial charge on any atom is -0.310 e. The summed E-state index contributed by atoms with van der Waals surface area (Å²) in [6.07, 6.45) is 2.53. The van der Waals surface area contributed by atoms with Crippen molar-refractivity contribution >= 4 is 11.3 Å². The summed E-state index contributed by atoms with van der Waals surface area (Å²) in [4.78, 5) is 1.53. The van der Waals surface area contributed by atoms with Gasteiger partial charge in [-0.2, -0.15) is 0 Å². The standard InChI is InChI=1S/C16H29NS/c1-7-17-14(15-13(3)8-9-18-15)10-12(2)11-16(4,5)6/h8-9,12,14,17H,7,10-11H2,1-6H3. The van der Waals surface area contributed by atoms with Gasteiger partial charge in [-0.15, -0.1) is 11.3 Å². The molecular weight excluding hydrogens is 238 g/mol. The lowest BCUT2D eigenvalue weighted by Crippen LogP contribution is -2.24. The van der Waals surface area contributed by atoms with Gasteiger partial charge in [0.25, 0.3) is 0 Å². The summed E-state index contributed by atoms with van der Waals surface area (Å²) >= 11 is 1.90. The first-order valence-corrected chi connectivity index (χ1v) is 7.99. The van der Waals surface area contributed by atoms with Crippen molar-refractivity contribution in [1.82, 2.24) is 5.32 Å².